The van der Waals surface area contributed by atoms with Gasteiger partial charge < -0.3 is 77.5 Å². The van der Waals surface area contributed by atoms with Gasteiger partial charge in [-0.2, -0.15) is 0 Å². The third-order valence-corrected chi connectivity index (χ3v) is 18.3. The van der Waals surface area contributed by atoms with Crippen LogP contribution in [0.3, 0.4) is 0 Å². The second-order valence-corrected chi connectivity index (χ2v) is 28.1. The molecule has 0 aromatic heterocycles. The number of urea groups is 2. The van der Waals surface area contributed by atoms with E-state index in [9.17, 15) is 33.6 Å². The summed E-state index contributed by atoms with van der Waals surface area (Å²) in [5.41, 5.74) is 10.0. The van der Waals surface area contributed by atoms with Crippen LogP contribution in [0.5, 0.6) is 0 Å². The Balaban J connectivity index is 0.000000203. The molecule has 8 saturated heterocycles. The number of morpholine rings is 4. The van der Waals surface area contributed by atoms with Gasteiger partial charge in [0.1, 0.15) is 6.42 Å². The highest BCUT2D eigenvalue weighted by Gasteiger charge is 2.63. The summed E-state index contributed by atoms with van der Waals surface area (Å²) >= 11 is 3.54. The van der Waals surface area contributed by atoms with E-state index in [4.69, 9.17) is 37.9 Å². The SMILES string of the molecule is C.CNC.C[C@@H]1CN(c2ccc(Br)cc2C2OCCO2)C[C@H](C)O1.C[C@@H]1CN(c2ccc(N(C)C)cc2C2OCCO2)C[C@H](C)O1.C[C@@H]1CN(c2ccc(N(C)C)cc2C=O)C[C@H](C)O1.C[C@@H]1CN2c3ccc(N(C)C)cc3CC3(C(=O)NC(=O)NC3=O)[C@H]2[C@H](C)O1.O=C1CC(=O)NC(=O)N1.[H+]. The van der Waals surface area contributed by atoms with Gasteiger partial charge in [-0.05, 0) is 154 Å². The average molecular weight is 1470 g/mol. The number of nitrogens with zero attached hydrogens (tertiary/aromatic N) is 7. The molecular weight excluding hydrogens is 1360 g/mol. The number of carbonyl (C=O) groups is 7. The number of nitrogens with one attached hydrogen (secondary N) is 5. The minimum absolute atomic E-state index is 0. The minimum atomic E-state index is -1.41. The number of carbonyl (C=O) groups excluding carboxylic acids is 7. The zero-order valence-electron chi connectivity index (χ0n) is 61.7. The van der Waals surface area contributed by atoms with E-state index in [1.807, 2.05) is 127 Å². The van der Waals surface area contributed by atoms with Crippen LogP contribution in [-0.2, 0) is 63.5 Å². The second-order valence-electron chi connectivity index (χ2n) is 27.2. The molecule has 9 aliphatic rings. The maximum Gasteiger partial charge on any atom is 1.00 e. The number of rotatable bonds is 9. The molecule has 1 spiro atoms. The summed E-state index contributed by atoms with van der Waals surface area (Å²) in [5.74, 6) is -2.22. The molecule has 9 heterocycles. The average Bonchev–Trinajstić information content (AvgIpc) is 0.750. The summed E-state index contributed by atoms with van der Waals surface area (Å²) in [6, 6.07) is 22.9. The van der Waals surface area contributed by atoms with Gasteiger partial charge in [0.15, 0.2) is 24.3 Å². The van der Waals surface area contributed by atoms with Crippen LogP contribution in [0.1, 0.15) is 110 Å². The Hall–Kier alpha value is -7.51. The number of ether oxygens (including phenoxy) is 8. The molecule has 4 aromatic rings. The number of halogens is 1. The Labute approximate surface area is 605 Å². The van der Waals surface area contributed by atoms with Crippen molar-refractivity contribution in [2.75, 3.05) is 163 Å². The number of benzene rings is 4. The van der Waals surface area contributed by atoms with Gasteiger partial charge in [-0.25, -0.2) is 9.59 Å². The topological polar surface area (TPSA) is 276 Å². The van der Waals surface area contributed by atoms with Crippen LogP contribution in [0.15, 0.2) is 77.3 Å². The van der Waals surface area contributed by atoms with Gasteiger partial charge in [0.2, 0.25) is 23.6 Å². The van der Waals surface area contributed by atoms with Crippen LogP contribution in [0.2, 0.25) is 0 Å². The third kappa shape index (κ3) is 20.7. The molecule has 5 N–H and O–H groups in total. The number of barbiturate groups is 2. The molecule has 8 amide bonds. The molecule has 0 bridgehead atoms. The van der Waals surface area contributed by atoms with Crippen LogP contribution in [-0.4, -0.2) is 225 Å². The van der Waals surface area contributed by atoms with E-state index in [0.717, 1.165) is 101 Å². The Bertz CT molecular complexity index is 3410. The van der Waals surface area contributed by atoms with E-state index in [-0.39, 0.29) is 83.1 Å². The first-order valence-corrected chi connectivity index (χ1v) is 35.0. The fourth-order valence-electron chi connectivity index (χ4n) is 13.9. The predicted molar refractivity (Wildman–Crippen MR) is 396 cm³/mol. The Morgan fingerprint density at radius 1 is 0.495 bits per heavy atom. The standard InChI is InChI=1S/C19H24N4O4.C17H26N2O3.C15H20BrNO3.C15H22N2O2.C4H4N2O3.C2H7N.CH4/c1-10-9-23-14-6-5-13(22(3)4)7-12(14)8-19(15(23)11(2)27-10)16(24)20-18(26)21-17(19)25;1-12-10-19(11-13(2)22-12)16-6-5-14(18(3)4)9-15(16)17-20-7-8-21-17;1-10-8-17(9-11(2)20-10)14-4-3-12(16)7-13(14)15-18-5-6-19-15;1-11-8-17(9-12(2)19-11)15-6-5-14(16(3)4)7-13(15)10-18;7-2-1-3(8)6-4(9)5-2;1-3-2;/h5-7,10-11,15H,8-9H2,1-4H3,(H2,20,21,24,25,26);5-6,9,12-13,17H,7-8,10-11H2,1-4H3;3-4,7,10-11,15H,5-6,8-9H2,1-2H3;5-7,10-12H,8-9H2,1-4H3;1H2,(H2,5,6,7,8,9);3H,1-2H3;1H4/p+1/t10-,11+,15-;12-,13+;10-,11+;11-,12+;;;/m1....../s1. The van der Waals surface area contributed by atoms with Gasteiger partial charge in [-0.15, -0.1) is 0 Å². The molecule has 4 aromatic carbocycles. The van der Waals surface area contributed by atoms with E-state index in [1.54, 1.807) is 0 Å². The van der Waals surface area contributed by atoms with Crippen molar-refractivity contribution >= 4 is 97.7 Å². The van der Waals surface area contributed by atoms with Gasteiger partial charge in [0, 0.05) is 149 Å². The van der Waals surface area contributed by atoms with Crippen molar-refractivity contribution in [2.24, 2.45) is 5.41 Å². The number of aldehydes is 1. The third-order valence-electron chi connectivity index (χ3n) is 17.8. The first-order valence-electron chi connectivity index (χ1n) is 34.2. The summed E-state index contributed by atoms with van der Waals surface area (Å²) in [7, 11) is 15.7. The van der Waals surface area contributed by atoms with Crippen molar-refractivity contribution in [3.63, 3.8) is 0 Å². The Morgan fingerprint density at radius 3 is 1.29 bits per heavy atom. The molecule has 9 atom stereocenters. The van der Waals surface area contributed by atoms with Gasteiger partial charge >= 0.3 is 13.5 Å². The zero-order valence-corrected chi connectivity index (χ0v) is 62.3. The smallest absolute Gasteiger partial charge is 0.378 e. The molecule has 27 nitrogen and oxygen atoms in total. The lowest BCUT2D eigenvalue weighted by atomic mass is 9.66. The first-order chi connectivity index (χ1) is 47.5. The summed E-state index contributed by atoms with van der Waals surface area (Å²) < 4.78 is 47.3. The highest BCUT2D eigenvalue weighted by atomic mass is 79.9. The summed E-state index contributed by atoms with van der Waals surface area (Å²) in [5, 5.41) is 11.2. The molecule has 9 aliphatic heterocycles. The quantitative estimate of drug-likeness (QED) is 0.0794. The predicted octanol–water partition coefficient (Wildman–Crippen LogP) is 7.67. The molecule has 101 heavy (non-hydrogen) atoms. The summed E-state index contributed by atoms with van der Waals surface area (Å²) in [6.07, 6.45) is 1.32. The fourth-order valence-corrected chi connectivity index (χ4v) is 14.3. The lowest BCUT2D eigenvalue weighted by Gasteiger charge is -2.55. The van der Waals surface area contributed by atoms with Gasteiger partial charge in [-0.3, -0.25) is 45.2 Å². The van der Waals surface area contributed by atoms with Gasteiger partial charge in [0.05, 0.1) is 81.3 Å². The van der Waals surface area contributed by atoms with Crippen LogP contribution in [0.4, 0.5) is 49.4 Å². The number of hydrogen-bond donors (Lipinski definition) is 5. The van der Waals surface area contributed by atoms with Crippen LogP contribution < -0.4 is 60.9 Å². The maximum absolute atomic E-state index is 13.0. The number of anilines is 7. The summed E-state index contributed by atoms with van der Waals surface area (Å²) in [4.78, 5) is 95.0. The largest absolute Gasteiger partial charge is 1.00 e. The summed E-state index contributed by atoms with van der Waals surface area (Å²) in [6.45, 7) is 24.9. The zero-order chi connectivity index (χ0) is 72.9. The van der Waals surface area contributed by atoms with E-state index < -0.39 is 47.1 Å². The minimum Gasteiger partial charge on any atom is -0.378 e. The molecule has 0 saturated carbocycles. The molecule has 0 unspecified atom stereocenters. The van der Waals surface area contributed by atoms with Gasteiger partial charge in [0.25, 0.3) is 0 Å². The van der Waals surface area contributed by atoms with Crippen molar-refractivity contribution in [2.45, 2.75) is 143 Å². The van der Waals surface area contributed by atoms with Crippen molar-refractivity contribution in [3.8, 4) is 0 Å². The van der Waals surface area contributed by atoms with Crippen LogP contribution in [0, 0.1) is 5.41 Å². The molecule has 0 aliphatic carbocycles. The molecule has 28 heteroatoms. The van der Waals surface area contributed by atoms with Crippen LogP contribution in [0.25, 0.3) is 0 Å². The second kappa shape index (κ2) is 36.6. The maximum atomic E-state index is 13.0. The van der Waals surface area contributed by atoms with Crippen LogP contribution >= 0.6 is 15.9 Å². The number of hydrogen-bond acceptors (Lipinski definition) is 23. The van der Waals surface area contributed by atoms with E-state index >= 15 is 0 Å². The van der Waals surface area contributed by atoms with Crippen molar-refractivity contribution in [1.82, 2.24) is 26.6 Å². The highest BCUT2D eigenvalue weighted by molar-refractivity contribution is 9.10. The molecule has 8 fully saturated rings. The Kier molecular flexibility index (Phi) is 29.3. The number of imide groups is 4. The monoisotopic (exact) mass is 1470 g/mol. The lowest BCUT2D eigenvalue weighted by Crippen LogP contribution is -2.75. The van der Waals surface area contributed by atoms with Crippen molar-refractivity contribution in [3.05, 3.63) is 99.5 Å². The molecule has 0 radical (unpaired) electrons. The normalized spacial score (nSPS) is 25.3. The molecule has 556 valence electrons. The lowest BCUT2D eigenvalue weighted by molar-refractivity contribution is -0.153. The highest BCUT2D eigenvalue weighted by Crippen LogP contribution is 2.48. The number of amides is 8. The van der Waals surface area contributed by atoms with Gasteiger partial charge in [-0.1, -0.05) is 23.4 Å². The first kappa shape index (κ1) is 80.8. The van der Waals surface area contributed by atoms with Crippen molar-refractivity contribution < 1.29 is 72.9 Å². The fraction of sp³-hybridized carbons (Fsp3) is 0.575. The Morgan fingerprint density at radius 2 is 0.861 bits per heavy atom. The van der Waals surface area contributed by atoms with E-state index in [2.05, 4.69) is 134 Å². The molecule has 13 rings (SSSR count). The van der Waals surface area contributed by atoms with E-state index in [1.165, 1.54) is 11.4 Å². The van der Waals surface area contributed by atoms with Crippen molar-refractivity contribution in [1.29, 1.82) is 0 Å². The molecular formula is C73H108BrN12O15+. The number of fused-ring (bicyclic) bond motifs is 4. The van der Waals surface area contributed by atoms with E-state index in [0.29, 0.717) is 33.0 Å².